The number of nitro benzene ring substituents is 1. The smallest absolute Gasteiger partial charge is 0.412 e. The summed E-state index contributed by atoms with van der Waals surface area (Å²) in [4.78, 5) is 24.9. The fourth-order valence-electron chi connectivity index (χ4n) is 3.62. The molecule has 0 spiro atoms. The van der Waals surface area contributed by atoms with Crippen LogP contribution in [-0.2, 0) is 30.1 Å². The first-order chi connectivity index (χ1) is 14.6. The molecule has 1 aromatic carbocycles. The number of ether oxygens (including phenoxy) is 1. The zero-order valence-corrected chi connectivity index (χ0v) is 21.3. The molecule has 0 unspecified atom stereocenters. The highest BCUT2D eigenvalue weighted by atomic mass is 32.2. The van der Waals surface area contributed by atoms with E-state index in [1.165, 1.54) is 29.2 Å². The molecular weight excluding hydrogens is 456 g/mol. The maximum atomic E-state index is 13.1. The Morgan fingerprint density at radius 1 is 1.28 bits per heavy atom. The first-order valence-electron chi connectivity index (χ1n) is 10.3. The number of carbonyl (C=O) groups excluding carboxylic acids is 1. The molecule has 10 nitrogen and oxygen atoms in total. The van der Waals surface area contributed by atoms with E-state index in [4.69, 9.17) is 13.3 Å². The molecule has 1 aromatic rings. The molecule has 180 valence electrons. The van der Waals surface area contributed by atoms with Crippen LogP contribution in [0.4, 0.5) is 10.5 Å². The van der Waals surface area contributed by atoms with E-state index in [9.17, 15) is 23.3 Å². The minimum absolute atomic E-state index is 0.0327. The van der Waals surface area contributed by atoms with Gasteiger partial charge in [0.05, 0.1) is 11.2 Å². The summed E-state index contributed by atoms with van der Waals surface area (Å²) >= 11 is 0. The number of hydrogen-bond donors (Lipinski definition) is 0. The quantitative estimate of drug-likeness (QED) is 0.236. The van der Waals surface area contributed by atoms with Gasteiger partial charge in [-0.15, -0.1) is 0 Å². The molecule has 0 radical (unpaired) electrons. The summed E-state index contributed by atoms with van der Waals surface area (Å²) in [5.74, 6) is 0.0327. The summed E-state index contributed by atoms with van der Waals surface area (Å²) < 4.78 is 40.3. The summed E-state index contributed by atoms with van der Waals surface area (Å²) in [5.41, 5.74) is -0.868. The molecule has 1 heterocycles. The molecule has 2 atom stereocenters. The van der Waals surface area contributed by atoms with Crippen LogP contribution in [0.1, 0.15) is 32.8 Å². The number of rotatable bonds is 8. The summed E-state index contributed by atoms with van der Waals surface area (Å²) in [7, 11) is -5.47. The Hall–Kier alpha value is -2.02. The van der Waals surface area contributed by atoms with Crippen molar-refractivity contribution in [1.29, 1.82) is 0 Å². The van der Waals surface area contributed by atoms with Gasteiger partial charge in [-0.3, -0.25) is 19.2 Å². The van der Waals surface area contributed by atoms with Crippen molar-refractivity contribution in [2.75, 3.05) is 19.4 Å². The maximum Gasteiger partial charge on any atom is 0.412 e. The molecule has 1 amide bonds. The van der Waals surface area contributed by atoms with E-state index in [0.29, 0.717) is 18.5 Å². The first kappa shape index (κ1) is 26.2. The predicted molar refractivity (Wildman–Crippen MR) is 121 cm³/mol. The van der Waals surface area contributed by atoms with E-state index < -0.39 is 35.9 Å². The number of carbonyl (C=O) groups is 1. The van der Waals surface area contributed by atoms with Gasteiger partial charge in [0.2, 0.25) is 0 Å². The molecule has 0 aromatic heterocycles. The van der Waals surface area contributed by atoms with Crippen LogP contribution in [0.25, 0.3) is 0 Å². The molecule has 0 bridgehead atoms. The zero-order chi connectivity index (χ0) is 24.3. The van der Waals surface area contributed by atoms with Gasteiger partial charge in [0.15, 0.2) is 14.8 Å². The minimum atomic E-state index is -3.75. The number of nitro groups is 1. The number of nitrogens with zero attached hydrogens (tertiary/aromatic N) is 2. The van der Waals surface area contributed by atoms with Crippen LogP contribution in [0, 0.1) is 21.4 Å². The highest BCUT2D eigenvalue weighted by molar-refractivity contribution is 7.85. The third kappa shape index (κ3) is 6.99. The third-order valence-electron chi connectivity index (χ3n) is 5.37. The second-order valence-corrected chi connectivity index (χ2v) is 13.4. The molecular formula is C20H32N2O8SSi. The highest BCUT2D eigenvalue weighted by Crippen LogP contribution is 2.44. The van der Waals surface area contributed by atoms with Gasteiger partial charge in [0.25, 0.3) is 15.8 Å². The second-order valence-electron chi connectivity index (χ2n) is 9.43. The second kappa shape index (κ2) is 9.85. The number of likely N-dealkylation sites (tertiary alicyclic amines) is 1. The van der Waals surface area contributed by atoms with Crippen molar-refractivity contribution in [1.82, 2.24) is 4.90 Å². The van der Waals surface area contributed by atoms with Gasteiger partial charge in [-0.05, 0) is 42.1 Å². The van der Waals surface area contributed by atoms with E-state index in [2.05, 4.69) is 20.8 Å². The van der Waals surface area contributed by atoms with E-state index in [1.807, 2.05) is 13.1 Å². The summed E-state index contributed by atoms with van der Waals surface area (Å²) in [5, 5.41) is 10.8. The van der Waals surface area contributed by atoms with Gasteiger partial charge < -0.3 is 9.16 Å². The third-order valence-corrected chi connectivity index (χ3v) is 6.82. The Kier molecular flexibility index (Phi) is 8.08. The van der Waals surface area contributed by atoms with Gasteiger partial charge in [-0.25, -0.2) is 4.79 Å². The minimum Gasteiger partial charge on any atom is -0.444 e. The van der Waals surface area contributed by atoms with E-state index in [1.54, 1.807) is 0 Å². The van der Waals surface area contributed by atoms with Crippen LogP contribution >= 0.6 is 0 Å². The molecule has 0 N–H and O–H groups in total. The van der Waals surface area contributed by atoms with Gasteiger partial charge >= 0.3 is 6.09 Å². The van der Waals surface area contributed by atoms with Gasteiger partial charge in [-0.2, -0.15) is 8.42 Å². The van der Waals surface area contributed by atoms with Crippen molar-refractivity contribution in [3.8, 4) is 0 Å². The van der Waals surface area contributed by atoms with E-state index >= 15 is 0 Å². The average Bonchev–Trinajstić information content (AvgIpc) is 3.04. The summed E-state index contributed by atoms with van der Waals surface area (Å²) in [6.07, 6.45) is 0.729. The molecule has 12 heteroatoms. The lowest BCUT2D eigenvalue weighted by molar-refractivity contribution is -0.384. The van der Waals surface area contributed by atoms with Gasteiger partial charge in [-0.1, -0.05) is 20.8 Å². The molecule has 1 saturated heterocycles. The number of non-ortho nitro benzene ring substituents is 1. The van der Waals surface area contributed by atoms with E-state index in [0.717, 1.165) is 6.26 Å². The number of amides is 1. The topological polar surface area (TPSA) is 125 Å². The lowest BCUT2D eigenvalue weighted by Gasteiger charge is -2.38. The number of benzene rings is 1. The molecule has 1 aliphatic heterocycles. The molecule has 2 rings (SSSR count). The Morgan fingerprint density at radius 3 is 2.34 bits per heavy atom. The SMILES string of the molecule is C[SiH](C)O[C@]1(COS(C)(=O)=O)C[C@H](C(C)(C)C)CN1C(=O)OCc1ccc([N+](=O)[O-])cc1. The molecule has 0 aliphatic carbocycles. The lowest BCUT2D eigenvalue weighted by atomic mass is 9.79. The van der Waals surface area contributed by atoms with Gasteiger partial charge in [0, 0.05) is 25.1 Å². The summed E-state index contributed by atoms with van der Waals surface area (Å²) in [6, 6.07) is 5.72. The Balaban J connectivity index is 2.26. The van der Waals surface area contributed by atoms with Crippen molar-refractivity contribution >= 4 is 30.9 Å². The Morgan fingerprint density at radius 2 is 1.88 bits per heavy atom. The van der Waals surface area contributed by atoms with Crippen LogP contribution in [-0.4, -0.2) is 58.5 Å². The van der Waals surface area contributed by atoms with E-state index in [-0.39, 0.29) is 30.2 Å². The Bertz CT molecular complexity index is 930. The fraction of sp³-hybridized carbons (Fsp3) is 0.650. The van der Waals surface area contributed by atoms with Gasteiger partial charge in [0.1, 0.15) is 13.2 Å². The van der Waals surface area contributed by atoms with Crippen LogP contribution in [0.3, 0.4) is 0 Å². The Labute approximate surface area is 190 Å². The largest absolute Gasteiger partial charge is 0.444 e. The summed E-state index contributed by atoms with van der Waals surface area (Å²) in [6.45, 7) is 9.97. The highest BCUT2D eigenvalue weighted by Gasteiger charge is 2.53. The molecule has 32 heavy (non-hydrogen) atoms. The normalized spacial score (nSPS) is 21.7. The standard InChI is InChI=1S/C20H32N2O8SSi/c1-19(2,3)16-11-20(30-32(5)6,14-29-31(4,26)27)21(12-16)18(23)28-13-15-7-9-17(10-8-15)22(24)25/h7-10,16,32H,11-14H2,1-6H3/t16-,20-/m0/s1. The fourth-order valence-corrected chi connectivity index (χ4v) is 5.19. The van der Waals surface area contributed by atoms with Crippen LogP contribution in [0.5, 0.6) is 0 Å². The first-order valence-corrected chi connectivity index (χ1v) is 14.9. The number of hydrogen-bond acceptors (Lipinski definition) is 8. The molecule has 1 fully saturated rings. The monoisotopic (exact) mass is 488 g/mol. The van der Waals surface area contributed by atoms with Crippen LogP contribution < -0.4 is 0 Å². The van der Waals surface area contributed by atoms with Crippen molar-refractivity contribution in [3.05, 3.63) is 39.9 Å². The zero-order valence-electron chi connectivity index (χ0n) is 19.4. The van der Waals surface area contributed by atoms with Crippen molar-refractivity contribution in [3.63, 3.8) is 0 Å². The lowest BCUT2D eigenvalue weighted by Crippen LogP contribution is -2.54. The van der Waals surface area contributed by atoms with Crippen molar-refractivity contribution < 1.29 is 31.5 Å². The molecule has 0 saturated carbocycles. The molecule has 1 aliphatic rings. The average molecular weight is 489 g/mol. The van der Waals surface area contributed by atoms with Crippen molar-refractivity contribution in [2.24, 2.45) is 11.3 Å². The van der Waals surface area contributed by atoms with Crippen LogP contribution in [0.2, 0.25) is 13.1 Å². The maximum absolute atomic E-state index is 13.1. The van der Waals surface area contributed by atoms with Crippen molar-refractivity contribution in [2.45, 2.75) is 52.6 Å². The predicted octanol–water partition coefficient (Wildman–Crippen LogP) is 3.27. The van der Waals surface area contributed by atoms with Crippen LogP contribution in [0.15, 0.2) is 24.3 Å².